The molecule has 1 unspecified atom stereocenters. The minimum absolute atomic E-state index is 0.366. The average molecular weight is 342 g/mol. The molecule has 76 valence electrons. The first kappa shape index (κ1) is 12.0. The highest BCUT2D eigenvalue weighted by Crippen LogP contribution is 2.32. The molecule has 1 aromatic carbocycles. The second kappa shape index (κ2) is 5.14. The van der Waals surface area contributed by atoms with Crippen LogP contribution in [0.25, 0.3) is 0 Å². The number of carbonyl (C=O) groups is 1. The van der Waals surface area contributed by atoms with Crippen LogP contribution in [0.3, 0.4) is 0 Å². The quantitative estimate of drug-likeness (QED) is 0.605. The summed E-state index contributed by atoms with van der Waals surface area (Å²) in [6.45, 7) is 0. The van der Waals surface area contributed by atoms with Crippen LogP contribution in [0, 0.1) is 0 Å². The van der Waals surface area contributed by atoms with Crippen LogP contribution in [0.5, 0.6) is 0 Å². The number of hydrogen-bond acceptors (Lipinski definition) is 2. The maximum atomic E-state index is 11.2. The minimum atomic E-state index is -0.520. The Morgan fingerprint density at radius 1 is 1.57 bits per heavy atom. The van der Waals surface area contributed by atoms with Gasteiger partial charge in [-0.25, -0.2) is 0 Å². The van der Waals surface area contributed by atoms with Crippen LogP contribution in [0.2, 0.25) is 5.02 Å². The molecule has 0 heterocycles. The van der Waals surface area contributed by atoms with Gasteiger partial charge >= 0.3 is 5.97 Å². The van der Waals surface area contributed by atoms with Crippen molar-refractivity contribution in [2.24, 2.45) is 0 Å². The molecule has 0 amide bonds. The number of methoxy groups -OCH3 is 1. The van der Waals surface area contributed by atoms with Crippen LogP contribution in [0.1, 0.15) is 10.4 Å². The third-order valence-corrected chi connectivity index (χ3v) is 3.33. The van der Waals surface area contributed by atoms with Gasteiger partial charge in [-0.1, -0.05) is 49.5 Å². The summed E-state index contributed by atoms with van der Waals surface area (Å²) in [5, 5.41) is 0.520. The summed E-state index contributed by atoms with van der Waals surface area (Å²) in [4.78, 5) is 10.7. The topological polar surface area (TPSA) is 26.3 Å². The first-order valence-corrected chi connectivity index (χ1v) is 5.81. The van der Waals surface area contributed by atoms with Crippen molar-refractivity contribution in [3.05, 3.63) is 33.3 Å². The highest BCUT2D eigenvalue weighted by molar-refractivity contribution is 9.10. The Kier molecular flexibility index (Phi) is 4.41. The van der Waals surface area contributed by atoms with Gasteiger partial charge < -0.3 is 4.74 Å². The fourth-order valence-electron chi connectivity index (χ4n) is 0.937. The van der Waals surface area contributed by atoms with E-state index in [0.717, 1.165) is 4.47 Å². The molecule has 0 bridgehead atoms. The Hall–Kier alpha value is -0.0600. The smallest absolute Gasteiger partial charge is 0.324 e. The molecule has 0 saturated heterocycles. The maximum Gasteiger partial charge on any atom is 0.324 e. The number of ether oxygens (including phenoxy) is 1. The van der Waals surface area contributed by atoms with Crippen LogP contribution < -0.4 is 0 Å². The summed E-state index contributed by atoms with van der Waals surface area (Å²) in [5.41, 5.74) is 0.696. The molecule has 0 N–H and O–H groups in total. The van der Waals surface area contributed by atoms with Gasteiger partial charge in [-0.15, -0.1) is 0 Å². The van der Waals surface area contributed by atoms with E-state index in [4.69, 9.17) is 11.6 Å². The van der Waals surface area contributed by atoms with E-state index in [0.29, 0.717) is 10.6 Å². The number of hydrogen-bond donors (Lipinski definition) is 0. The molecular formula is C9H7Br2ClO2. The van der Waals surface area contributed by atoms with Crippen LogP contribution in [0.15, 0.2) is 22.7 Å². The highest BCUT2D eigenvalue weighted by atomic mass is 79.9. The molecule has 0 aromatic heterocycles. The monoisotopic (exact) mass is 340 g/mol. The van der Waals surface area contributed by atoms with Gasteiger partial charge in [0.2, 0.25) is 0 Å². The lowest BCUT2D eigenvalue weighted by atomic mass is 10.1. The maximum absolute atomic E-state index is 11.2. The number of esters is 1. The molecule has 14 heavy (non-hydrogen) atoms. The Morgan fingerprint density at radius 2 is 2.21 bits per heavy atom. The third-order valence-electron chi connectivity index (χ3n) is 1.64. The normalized spacial score (nSPS) is 12.3. The number of carbonyl (C=O) groups excluding carboxylic acids is 1. The van der Waals surface area contributed by atoms with Crippen molar-refractivity contribution in [3.8, 4) is 0 Å². The summed E-state index contributed by atoms with van der Waals surface area (Å²) in [6.07, 6.45) is 0. The SMILES string of the molecule is COC(=O)C(Br)c1ccc(Br)cc1Cl. The van der Waals surface area contributed by atoms with E-state index in [1.165, 1.54) is 7.11 Å². The molecule has 0 spiro atoms. The molecule has 0 radical (unpaired) electrons. The molecule has 0 aliphatic carbocycles. The molecule has 1 rings (SSSR count). The van der Waals surface area contributed by atoms with Crippen molar-refractivity contribution in [2.75, 3.05) is 7.11 Å². The summed E-state index contributed by atoms with van der Waals surface area (Å²) in [7, 11) is 1.34. The second-order valence-electron chi connectivity index (χ2n) is 2.55. The Morgan fingerprint density at radius 3 is 2.71 bits per heavy atom. The van der Waals surface area contributed by atoms with E-state index in [-0.39, 0.29) is 5.97 Å². The number of rotatable bonds is 2. The molecule has 2 nitrogen and oxygen atoms in total. The van der Waals surface area contributed by atoms with Crippen LogP contribution >= 0.6 is 43.5 Å². The molecule has 1 atom stereocenters. The Bertz CT molecular complexity index is 355. The van der Waals surface area contributed by atoms with Crippen LogP contribution in [0.4, 0.5) is 0 Å². The van der Waals surface area contributed by atoms with Gasteiger partial charge in [-0.2, -0.15) is 0 Å². The predicted molar refractivity (Wildman–Crippen MR) is 62.8 cm³/mol. The van der Waals surface area contributed by atoms with Crippen molar-refractivity contribution in [1.82, 2.24) is 0 Å². The van der Waals surface area contributed by atoms with E-state index in [1.807, 2.05) is 6.07 Å². The molecule has 5 heteroatoms. The van der Waals surface area contributed by atoms with Crippen molar-refractivity contribution >= 4 is 49.4 Å². The lowest BCUT2D eigenvalue weighted by Gasteiger charge is -2.09. The van der Waals surface area contributed by atoms with Crippen molar-refractivity contribution in [2.45, 2.75) is 4.83 Å². The van der Waals surface area contributed by atoms with E-state index in [1.54, 1.807) is 12.1 Å². The van der Waals surface area contributed by atoms with Crippen molar-refractivity contribution in [3.63, 3.8) is 0 Å². The van der Waals surface area contributed by atoms with Crippen LogP contribution in [-0.2, 0) is 9.53 Å². The Balaban J connectivity index is 3.01. The molecular weight excluding hydrogens is 335 g/mol. The third kappa shape index (κ3) is 2.72. The predicted octanol–water partition coefficient (Wildman–Crippen LogP) is 3.71. The average Bonchev–Trinajstić information content (AvgIpc) is 2.15. The van der Waals surface area contributed by atoms with Gasteiger partial charge in [0.1, 0.15) is 4.83 Å². The van der Waals surface area contributed by atoms with Gasteiger partial charge in [0.05, 0.1) is 7.11 Å². The van der Waals surface area contributed by atoms with Gasteiger partial charge in [0, 0.05) is 9.50 Å². The van der Waals surface area contributed by atoms with Crippen LogP contribution in [-0.4, -0.2) is 13.1 Å². The van der Waals surface area contributed by atoms with Gasteiger partial charge in [-0.05, 0) is 17.7 Å². The zero-order valence-corrected chi connectivity index (χ0v) is 11.2. The zero-order chi connectivity index (χ0) is 10.7. The van der Waals surface area contributed by atoms with Crippen molar-refractivity contribution < 1.29 is 9.53 Å². The molecule has 0 aliphatic heterocycles. The summed E-state index contributed by atoms with van der Waals surface area (Å²) in [5.74, 6) is -0.366. The van der Waals surface area contributed by atoms with Gasteiger partial charge in [0.25, 0.3) is 0 Å². The largest absolute Gasteiger partial charge is 0.468 e. The number of alkyl halides is 1. The summed E-state index contributed by atoms with van der Waals surface area (Å²) >= 11 is 12.5. The van der Waals surface area contributed by atoms with Crippen molar-refractivity contribution in [1.29, 1.82) is 0 Å². The fourth-order valence-corrected chi connectivity index (χ4v) is 2.44. The minimum Gasteiger partial charge on any atom is -0.468 e. The zero-order valence-electron chi connectivity index (χ0n) is 7.26. The number of halogens is 3. The second-order valence-corrected chi connectivity index (χ2v) is 4.79. The van der Waals surface area contributed by atoms with E-state index >= 15 is 0 Å². The Labute approximate surface area is 104 Å². The van der Waals surface area contributed by atoms with E-state index in [9.17, 15) is 4.79 Å². The first-order chi connectivity index (χ1) is 6.56. The fraction of sp³-hybridized carbons (Fsp3) is 0.222. The summed E-state index contributed by atoms with van der Waals surface area (Å²) < 4.78 is 5.47. The van der Waals surface area contributed by atoms with E-state index in [2.05, 4.69) is 36.6 Å². The standard InChI is InChI=1S/C9H7Br2ClO2/c1-14-9(13)8(11)6-3-2-5(10)4-7(6)12/h2-4,8H,1H3. The molecule has 0 aliphatic rings. The lowest BCUT2D eigenvalue weighted by molar-refractivity contribution is -0.139. The van der Waals surface area contributed by atoms with Gasteiger partial charge in [0.15, 0.2) is 0 Å². The first-order valence-electron chi connectivity index (χ1n) is 3.73. The lowest BCUT2D eigenvalue weighted by Crippen LogP contribution is -2.08. The number of benzene rings is 1. The summed E-state index contributed by atoms with van der Waals surface area (Å²) in [6, 6.07) is 5.31. The molecule has 1 aromatic rings. The highest BCUT2D eigenvalue weighted by Gasteiger charge is 2.20. The molecule has 0 fully saturated rings. The molecule has 0 saturated carbocycles. The van der Waals surface area contributed by atoms with E-state index < -0.39 is 4.83 Å². The van der Waals surface area contributed by atoms with Gasteiger partial charge in [-0.3, -0.25) is 4.79 Å².